The van der Waals surface area contributed by atoms with Crippen LogP contribution in [0.15, 0.2) is 35.9 Å². The van der Waals surface area contributed by atoms with E-state index in [1.54, 1.807) is 24.3 Å². The molecule has 1 aromatic rings. The number of nitrogens with zero attached hydrogens (tertiary/aromatic N) is 2. The van der Waals surface area contributed by atoms with Gasteiger partial charge < -0.3 is 14.9 Å². The third-order valence-corrected chi connectivity index (χ3v) is 9.87. The molecule has 0 radical (unpaired) electrons. The molecular weight excluding hydrogens is 551 g/mol. The summed E-state index contributed by atoms with van der Waals surface area (Å²) in [5.74, 6) is -6.01. The highest BCUT2D eigenvalue weighted by Gasteiger charge is 2.76. The summed E-state index contributed by atoms with van der Waals surface area (Å²) in [5, 5.41) is 18.3. The Morgan fingerprint density at radius 3 is 2.51 bits per heavy atom. The summed E-state index contributed by atoms with van der Waals surface area (Å²) in [4.78, 5) is 63.2. The first-order valence-electron chi connectivity index (χ1n) is 12.8. The molecule has 2 N–H and O–H groups in total. The number of hydrogen-bond donors (Lipinski definition) is 2. The Morgan fingerprint density at radius 2 is 1.82 bits per heavy atom. The second kappa shape index (κ2) is 9.91. The molecule has 2 heterocycles. The predicted octanol–water partition coefficient (Wildman–Crippen LogP) is 1.91. The number of rotatable bonds is 8. The molecule has 10 nitrogen and oxygen atoms in total. The van der Waals surface area contributed by atoms with E-state index in [-0.39, 0.29) is 51.3 Å². The average molecular weight is 579 g/mol. The molecule has 0 spiro atoms. The van der Waals surface area contributed by atoms with E-state index in [9.17, 15) is 29.1 Å². The highest BCUT2D eigenvalue weighted by Crippen LogP contribution is 2.66. The maximum Gasteiger partial charge on any atom is 0.303 e. The molecule has 3 fully saturated rings. The number of aliphatic hydroxyl groups is 1. The number of allylic oxidation sites excluding steroid dienone is 2. The van der Waals surface area contributed by atoms with Crippen LogP contribution in [0.1, 0.15) is 37.2 Å². The molecule has 12 heteroatoms. The third-order valence-electron chi connectivity index (χ3n) is 8.46. The van der Waals surface area contributed by atoms with Crippen molar-refractivity contribution >= 4 is 52.8 Å². The summed E-state index contributed by atoms with van der Waals surface area (Å²) in [6, 6.07) is 6.82. The number of aliphatic hydroxyl groups excluding tert-OH is 1. The lowest BCUT2D eigenvalue weighted by molar-refractivity contribution is -0.142. The van der Waals surface area contributed by atoms with Crippen LogP contribution in [0.25, 0.3) is 0 Å². The first-order chi connectivity index (χ1) is 18.5. The molecule has 4 amide bonds. The summed E-state index contributed by atoms with van der Waals surface area (Å²) in [7, 11) is 1.32. The summed E-state index contributed by atoms with van der Waals surface area (Å²) in [5.41, 5.74) is 1.11. The Kier molecular flexibility index (Phi) is 7.01. The molecule has 5 rings (SSSR count). The normalized spacial score (nSPS) is 33.6. The Balaban J connectivity index is 1.62. The van der Waals surface area contributed by atoms with Gasteiger partial charge in [-0.1, -0.05) is 29.8 Å². The number of carboxylic acid groups (broad SMARTS) is 1. The molecule has 1 aromatic carbocycles. The monoisotopic (exact) mass is 578 g/mol. The van der Waals surface area contributed by atoms with Crippen LogP contribution in [0.5, 0.6) is 5.75 Å². The van der Waals surface area contributed by atoms with E-state index in [0.29, 0.717) is 16.9 Å². The number of amides is 4. The molecule has 1 saturated carbocycles. The smallest absolute Gasteiger partial charge is 0.303 e. The molecule has 0 aromatic heterocycles. The van der Waals surface area contributed by atoms with Gasteiger partial charge in [0.15, 0.2) is 9.75 Å². The number of para-hydroxylation sites is 1. The van der Waals surface area contributed by atoms with Crippen molar-refractivity contribution in [2.75, 3.05) is 26.8 Å². The van der Waals surface area contributed by atoms with Crippen LogP contribution in [0.2, 0.25) is 0 Å². The van der Waals surface area contributed by atoms with Gasteiger partial charge in [0.2, 0.25) is 11.8 Å². The zero-order valence-electron chi connectivity index (χ0n) is 21.1. The summed E-state index contributed by atoms with van der Waals surface area (Å²) < 4.78 is 5.77. The van der Waals surface area contributed by atoms with E-state index < -0.39 is 57.1 Å². The zero-order valence-corrected chi connectivity index (χ0v) is 22.7. The fourth-order valence-electron chi connectivity index (χ4n) is 6.77. The van der Waals surface area contributed by atoms with Crippen molar-refractivity contribution in [1.82, 2.24) is 9.80 Å². The number of halogens is 2. The first-order valence-corrected chi connectivity index (χ1v) is 13.5. The van der Waals surface area contributed by atoms with Crippen LogP contribution in [0.4, 0.5) is 0 Å². The Morgan fingerprint density at radius 1 is 1.10 bits per heavy atom. The number of likely N-dealkylation sites (tertiary alicyclic amines) is 2. The summed E-state index contributed by atoms with van der Waals surface area (Å²) in [6.45, 7) is -0.302. The third kappa shape index (κ3) is 3.90. The fourth-order valence-corrected chi connectivity index (χ4v) is 7.78. The second-order valence-electron chi connectivity index (χ2n) is 10.4. The van der Waals surface area contributed by atoms with Crippen molar-refractivity contribution < 1.29 is 38.9 Å². The number of carbonyl (C=O) groups is 5. The quantitative estimate of drug-likeness (QED) is 0.270. The van der Waals surface area contributed by atoms with Gasteiger partial charge >= 0.3 is 5.97 Å². The van der Waals surface area contributed by atoms with Gasteiger partial charge in [-0.15, -0.1) is 23.2 Å². The first kappa shape index (κ1) is 27.6. The second-order valence-corrected chi connectivity index (χ2v) is 11.7. The van der Waals surface area contributed by atoms with Gasteiger partial charge in [0.05, 0.1) is 18.4 Å². The summed E-state index contributed by atoms with van der Waals surface area (Å²) in [6.07, 6.45) is 1.85. The summed E-state index contributed by atoms with van der Waals surface area (Å²) >= 11 is 14.3. The molecule has 2 aliphatic carbocycles. The van der Waals surface area contributed by atoms with Crippen LogP contribution in [0.3, 0.4) is 0 Å². The Labute approximate surface area is 234 Å². The number of hydrogen-bond acceptors (Lipinski definition) is 7. The van der Waals surface area contributed by atoms with Gasteiger partial charge in [0.1, 0.15) is 12.4 Å². The highest BCUT2D eigenvalue weighted by atomic mass is 35.5. The number of fused-ring (bicyclic) bond motifs is 4. The van der Waals surface area contributed by atoms with E-state index in [1.807, 2.05) is 6.08 Å². The van der Waals surface area contributed by atoms with Crippen molar-refractivity contribution in [2.45, 2.75) is 41.3 Å². The number of alkyl halides is 2. The molecule has 4 aliphatic rings. The Hall–Kier alpha value is -2.95. The number of carbonyl (C=O) groups excluding carboxylic acids is 4. The van der Waals surface area contributed by atoms with E-state index in [1.165, 1.54) is 7.05 Å². The highest BCUT2D eigenvalue weighted by molar-refractivity contribution is 6.53. The van der Waals surface area contributed by atoms with Gasteiger partial charge in [-0.25, -0.2) is 0 Å². The van der Waals surface area contributed by atoms with Gasteiger partial charge in [0, 0.05) is 31.5 Å². The van der Waals surface area contributed by atoms with Gasteiger partial charge in [-0.2, -0.15) is 0 Å². The minimum Gasteiger partial charge on any atom is -0.491 e. The van der Waals surface area contributed by atoms with Crippen LogP contribution in [0, 0.1) is 17.8 Å². The minimum atomic E-state index is -1.93. The zero-order chi connectivity index (χ0) is 28.3. The molecule has 39 heavy (non-hydrogen) atoms. The van der Waals surface area contributed by atoms with Crippen molar-refractivity contribution in [3.63, 3.8) is 0 Å². The van der Waals surface area contributed by atoms with Crippen molar-refractivity contribution in [3.8, 4) is 5.75 Å². The molecule has 6 atom stereocenters. The van der Waals surface area contributed by atoms with Gasteiger partial charge in [0.25, 0.3) is 11.8 Å². The standard InChI is InChI=1S/C27H28Cl2N2O8/c1-30-24(37)26(28)13-17-14(8-9-16-20(17)23(36)31(22(16)35)10-4-7-19(33)34)21(27(26,29)25(30)38)15-5-2-3-6-18(15)39-12-11-32/h2-3,5-6,8,16-17,20-21,32H,4,7,9-13H2,1H3,(H,33,34)/t16-,17+,20-,21+,26+,27-/m0/s1. The van der Waals surface area contributed by atoms with Crippen molar-refractivity contribution in [2.24, 2.45) is 17.8 Å². The number of benzene rings is 1. The van der Waals surface area contributed by atoms with E-state index in [0.717, 1.165) is 9.80 Å². The van der Waals surface area contributed by atoms with E-state index >= 15 is 0 Å². The SMILES string of the molecule is CN1C(=O)[C@]2(Cl)C[C@@H]3C(=CC[C@@H]4C(=O)N(CCCC(=O)O)C(=O)[C@@H]43)[C@H](c3ccccc3OCCO)[C@]2(Cl)C1=O. The van der Waals surface area contributed by atoms with E-state index in [4.69, 9.17) is 33.0 Å². The molecular formula is C27H28Cl2N2O8. The lowest BCUT2D eigenvalue weighted by atomic mass is 9.56. The van der Waals surface area contributed by atoms with Crippen molar-refractivity contribution in [3.05, 3.63) is 41.5 Å². The minimum absolute atomic E-state index is 0.0219. The van der Waals surface area contributed by atoms with Gasteiger partial charge in [-0.3, -0.25) is 33.8 Å². The molecule has 2 aliphatic heterocycles. The molecule has 0 bridgehead atoms. The average Bonchev–Trinajstić information content (AvgIpc) is 3.22. The number of imide groups is 2. The van der Waals surface area contributed by atoms with Crippen LogP contribution < -0.4 is 4.74 Å². The molecule has 2 saturated heterocycles. The molecule has 208 valence electrons. The lowest BCUT2D eigenvalue weighted by Gasteiger charge is -2.51. The largest absolute Gasteiger partial charge is 0.491 e. The van der Waals surface area contributed by atoms with Crippen LogP contribution >= 0.6 is 23.2 Å². The maximum absolute atomic E-state index is 13.7. The van der Waals surface area contributed by atoms with Crippen molar-refractivity contribution in [1.29, 1.82) is 0 Å². The number of aliphatic carboxylic acids is 1. The lowest BCUT2D eigenvalue weighted by Crippen LogP contribution is -2.60. The van der Waals surface area contributed by atoms with Gasteiger partial charge in [-0.05, 0) is 31.2 Å². The number of ether oxygens (including phenoxy) is 1. The molecule has 0 unspecified atom stereocenters. The predicted molar refractivity (Wildman–Crippen MR) is 138 cm³/mol. The topological polar surface area (TPSA) is 142 Å². The number of carboxylic acids is 1. The van der Waals surface area contributed by atoms with E-state index in [2.05, 4.69) is 0 Å². The van der Waals surface area contributed by atoms with Crippen LogP contribution in [-0.4, -0.2) is 86.2 Å². The maximum atomic E-state index is 13.7. The Bertz CT molecular complexity index is 1300. The van der Waals surface area contributed by atoms with Crippen LogP contribution in [-0.2, 0) is 24.0 Å². The fraction of sp³-hybridized carbons (Fsp3) is 0.519.